The molecule has 0 saturated carbocycles. The molecule has 3 aromatic rings. The van der Waals surface area contributed by atoms with Crippen LogP contribution >= 0.6 is 0 Å². The molecule has 0 spiro atoms. The molecule has 4 nitrogen and oxygen atoms in total. The summed E-state index contributed by atoms with van der Waals surface area (Å²) < 4.78 is 5.80. The number of rotatable bonds is 2. The normalized spacial score (nSPS) is 10.3. The number of anilines is 1. The fraction of sp³-hybridized carbons (Fsp3) is 0.0588. The van der Waals surface area contributed by atoms with Crippen LogP contribution in [0.1, 0.15) is 11.1 Å². The highest BCUT2D eigenvalue weighted by molar-refractivity contribution is 5.80. The van der Waals surface area contributed by atoms with Crippen LogP contribution in [0.3, 0.4) is 0 Å². The minimum atomic E-state index is 0.420. The predicted molar refractivity (Wildman–Crippen MR) is 82.1 cm³/mol. The molecular formula is C17H13N3O. The number of nitrogens with zero attached hydrogens (tertiary/aromatic N) is 2. The van der Waals surface area contributed by atoms with Gasteiger partial charge in [-0.3, -0.25) is 0 Å². The van der Waals surface area contributed by atoms with Crippen molar-refractivity contribution in [2.45, 2.75) is 6.92 Å². The summed E-state index contributed by atoms with van der Waals surface area (Å²) in [6, 6.07) is 16.9. The molecule has 0 saturated heterocycles. The smallest absolute Gasteiger partial charge is 0.222 e. The van der Waals surface area contributed by atoms with E-state index in [0.29, 0.717) is 22.9 Å². The minimum absolute atomic E-state index is 0.420. The zero-order valence-electron chi connectivity index (χ0n) is 11.5. The molecule has 4 heteroatoms. The Labute approximate surface area is 122 Å². The second-order valence-corrected chi connectivity index (χ2v) is 4.77. The van der Waals surface area contributed by atoms with Crippen LogP contribution in [0.15, 0.2) is 48.5 Å². The number of hydrogen-bond donors (Lipinski definition) is 1. The molecule has 0 unspecified atom stereocenters. The fourth-order valence-electron chi connectivity index (χ4n) is 2.12. The van der Waals surface area contributed by atoms with E-state index in [2.05, 4.69) is 4.98 Å². The predicted octanol–water partition coefficient (Wildman–Crippen LogP) is 3.79. The van der Waals surface area contributed by atoms with E-state index in [0.717, 1.165) is 16.5 Å². The second-order valence-electron chi connectivity index (χ2n) is 4.77. The van der Waals surface area contributed by atoms with Gasteiger partial charge in [-0.25, -0.2) is 4.98 Å². The molecule has 2 aromatic carbocycles. The molecule has 0 bridgehead atoms. The van der Waals surface area contributed by atoms with Gasteiger partial charge in [-0.05, 0) is 37.3 Å². The number of benzene rings is 2. The fourth-order valence-corrected chi connectivity index (χ4v) is 2.12. The highest BCUT2D eigenvalue weighted by Gasteiger charge is 2.08. The van der Waals surface area contributed by atoms with Gasteiger partial charge in [0.05, 0.1) is 22.8 Å². The number of nitriles is 1. The number of aromatic nitrogens is 1. The zero-order chi connectivity index (χ0) is 14.8. The first-order valence-electron chi connectivity index (χ1n) is 6.51. The van der Waals surface area contributed by atoms with E-state index >= 15 is 0 Å². The van der Waals surface area contributed by atoms with Crippen molar-refractivity contribution in [3.05, 3.63) is 59.7 Å². The van der Waals surface area contributed by atoms with Gasteiger partial charge >= 0.3 is 0 Å². The summed E-state index contributed by atoms with van der Waals surface area (Å²) in [6.45, 7) is 1.94. The Kier molecular flexibility index (Phi) is 3.17. The van der Waals surface area contributed by atoms with Crippen molar-refractivity contribution in [2.75, 3.05) is 5.73 Å². The molecule has 0 radical (unpaired) electrons. The minimum Gasteiger partial charge on any atom is -0.437 e. The molecule has 0 amide bonds. The van der Waals surface area contributed by atoms with Crippen LogP contribution in [-0.4, -0.2) is 4.98 Å². The van der Waals surface area contributed by atoms with Crippen LogP contribution in [0.5, 0.6) is 11.6 Å². The Bertz CT molecular complexity index is 866. The number of hydrogen-bond acceptors (Lipinski definition) is 4. The van der Waals surface area contributed by atoms with Crippen molar-refractivity contribution >= 4 is 16.6 Å². The standard InChI is InChI=1S/C17H13N3O/c1-11-8-13-4-2-3-5-15(13)20-17(11)21-16-7-6-12(10-18)9-14(16)19/h2-9H,19H2,1H3. The number of ether oxygens (including phenoxy) is 1. The Morgan fingerprint density at radius 1 is 1.14 bits per heavy atom. The first kappa shape index (κ1) is 12.9. The number of aryl methyl sites for hydroxylation is 1. The first-order chi connectivity index (χ1) is 10.2. The average Bonchev–Trinajstić information content (AvgIpc) is 2.49. The van der Waals surface area contributed by atoms with E-state index in [-0.39, 0.29) is 0 Å². The lowest BCUT2D eigenvalue weighted by Crippen LogP contribution is -1.96. The summed E-state index contributed by atoms with van der Waals surface area (Å²) in [5.41, 5.74) is 8.62. The molecular weight excluding hydrogens is 262 g/mol. The third kappa shape index (κ3) is 2.49. The molecule has 0 aliphatic rings. The van der Waals surface area contributed by atoms with Gasteiger partial charge in [-0.15, -0.1) is 0 Å². The molecule has 1 aromatic heterocycles. The van der Waals surface area contributed by atoms with E-state index in [4.69, 9.17) is 15.7 Å². The quantitative estimate of drug-likeness (QED) is 0.722. The highest BCUT2D eigenvalue weighted by atomic mass is 16.5. The van der Waals surface area contributed by atoms with Gasteiger partial charge in [-0.2, -0.15) is 5.26 Å². The molecule has 3 rings (SSSR count). The first-order valence-corrected chi connectivity index (χ1v) is 6.51. The third-order valence-corrected chi connectivity index (χ3v) is 3.21. The van der Waals surface area contributed by atoms with Crippen molar-refractivity contribution in [3.8, 4) is 17.7 Å². The van der Waals surface area contributed by atoms with Crippen LogP contribution < -0.4 is 10.5 Å². The molecule has 102 valence electrons. The van der Waals surface area contributed by atoms with Crippen molar-refractivity contribution in [2.24, 2.45) is 0 Å². The zero-order valence-corrected chi connectivity index (χ0v) is 11.5. The summed E-state index contributed by atoms with van der Waals surface area (Å²) >= 11 is 0. The highest BCUT2D eigenvalue weighted by Crippen LogP contribution is 2.30. The molecule has 21 heavy (non-hydrogen) atoms. The van der Waals surface area contributed by atoms with E-state index in [1.807, 2.05) is 43.3 Å². The van der Waals surface area contributed by atoms with Gasteiger partial charge in [0.1, 0.15) is 0 Å². The summed E-state index contributed by atoms with van der Waals surface area (Å²) in [6.07, 6.45) is 0. The molecule has 0 fully saturated rings. The maximum absolute atomic E-state index is 8.85. The number of nitrogen functional groups attached to an aromatic ring is 1. The van der Waals surface area contributed by atoms with E-state index in [1.54, 1.807) is 18.2 Å². The van der Waals surface area contributed by atoms with Crippen molar-refractivity contribution in [1.29, 1.82) is 5.26 Å². The molecule has 0 aliphatic heterocycles. The van der Waals surface area contributed by atoms with Gasteiger partial charge in [0, 0.05) is 10.9 Å². The van der Waals surface area contributed by atoms with Gasteiger partial charge < -0.3 is 10.5 Å². The van der Waals surface area contributed by atoms with Crippen LogP contribution in [0.25, 0.3) is 10.9 Å². The van der Waals surface area contributed by atoms with Gasteiger partial charge in [-0.1, -0.05) is 18.2 Å². The topological polar surface area (TPSA) is 71.9 Å². The van der Waals surface area contributed by atoms with Gasteiger partial charge in [0.2, 0.25) is 5.88 Å². The van der Waals surface area contributed by atoms with Gasteiger partial charge in [0.25, 0.3) is 0 Å². The van der Waals surface area contributed by atoms with Crippen LogP contribution in [0.2, 0.25) is 0 Å². The lowest BCUT2D eigenvalue weighted by Gasteiger charge is -2.11. The Morgan fingerprint density at radius 3 is 2.71 bits per heavy atom. The summed E-state index contributed by atoms with van der Waals surface area (Å²) in [4.78, 5) is 4.51. The number of nitrogens with two attached hydrogens (primary N) is 1. The lowest BCUT2D eigenvalue weighted by atomic mass is 10.1. The number of fused-ring (bicyclic) bond motifs is 1. The molecule has 0 atom stereocenters. The Hall–Kier alpha value is -3.06. The van der Waals surface area contributed by atoms with Crippen LogP contribution in [0, 0.1) is 18.3 Å². The van der Waals surface area contributed by atoms with Crippen molar-refractivity contribution in [3.63, 3.8) is 0 Å². The summed E-state index contributed by atoms with van der Waals surface area (Å²) in [7, 11) is 0. The average molecular weight is 275 g/mol. The number of pyridine rings is 1. The largest absolute Gasteiger partial charge is 0.437 e. The van der Waals surface area contributed by atoms with E-state index in [9.17, 15) is 0 Å². The Morgan fingerprint density at radius 2 is 1.95 bits per heavy atom. The van der Waals surface area contributed by atoms with E-state index < -0.39 is 0 Å². The third-order valence-electron chi connectivity index (χ3n) is 3.21. The van der Waals surface area contributed by atoms with Crippen LogP contribution in [0.4, 0.5) is 5.69 Å². The lowest BCUT2D eigenvalue weighted by molar-refractivity contribution is 0.463. The van der Waals surface area contributed by atoms with E-state index in [1.165, 1.54) is 0 Å². The van der Waals surface area contributed by atoms with Crippen molar-refractivity contribution < 1.29 is 4.74 Å². The summed E-state index contributed by atoms with van der Waals surface area (Å²) in [5.74, 6) is 1.02. The second kappa shape index (κ2) is 5.14. The van der Waals surface area contributed by atoms with Gasteiger partial charge in [0.15, 0.2) is 5.75 Å². The van der Waals surface area contributed by atoms with Crippen molar-refractivity contribution in [1.82, 2.24) is 4.98 Å². The monoisotopic (exact) mass is 275 g/mol. The molecule has 1 heterocycles. The molecule has 0 aliphatic carbocycles. The summed E-state index contributed by atoms with van der Waals surface area (Å²) in [5, 5.41) is 9.91. The number of para-hydroxylation sites is 1. The maximum Gasteiger partial charge on any atom is 0.222 e. The van der Waals surface area contributed by atoms with Crippen LogP contribution in [-0.2, 0) is 0 Å². The SMILES string of the molecule is Cc1cc2ccccc2nc1Oc1ccc(C#N)cc1N. The Balaban J connectivity index is 2.02. The molecule has 2 N–H and O–H groups in total. The maximum atomic E-state index is 8.85.